The van der Waals surface area contributed by atoms with Crippen LogP contribution in [0.2, 0.25) is 0 Å². The highest BCUT2D eigenvalue weighted by Gasteiger charge is 2.15. The molecule has 2 N–H and O–H groups in total. The van der Waals surface area contributed by atoms with Crippen LogP contribution in [0.4, 0.5) is 15.3 Å². The third-order valence-electron chi connectivity index (χ3n) is 3.26. The monoisotopic (exact) mass is 389 g/mol. The molecule has 0 aromatic heterocycles. The number of methoxy groups -OCH3 is 2. The standard InChI is InChI=1S/C18H15NO9/c1-25-17(23)27-14-6-3-10(7-15(14)28-18(24)26-2)9-19-12-8-11(16(21)22)4-5-13(12)20/h3-9,20H,1-2H3,(H,21,22)/b19-9+. The zero-order chi connectivity index (χ0) is 20.7. The smallest absolute Gasteiger partial charge is 0.506 e. The number of carboxylic acid groups (broad SMARTS) is 1. The first-order chi connectivity index (χ1) is 13.3. The van der Waals surface area contributed by atoms with Gasteiger partial charge in [0.15, 0.2) is 11.5 Å². The molecule has 0 bridgehead atoms. The molecule has 0 atom stereocenters. The zero-order valence-electron chi connectivity index (χ0n) is 14.7. The molecule has 28 heavy (non-hydrogen) atoms. The van der Waals surface area contributed by atoms with Crippen molar-refractivity contribution in [2.75, 3.05) is 14.2 Å². The maximum atomic E-state index is 11.4. The molecule has 2 rings (SSSR count). The largest absolute Gasteiger partial charge is 0.513 e. The highest BCUT2D eigenvalue weighted by Crippen LogP contribution is 2.30. The second kappa shape index (κ2) is 9.03. The van der Waals surface area contributed by atoms with E-state index in [4.69, 9.17) is 14.6 Å². The van der Waals surface area contributed by atoms with Crippen molar-refractivity contribution >= 4 is 30.2 Å². The van der Waals surface area contributed by atoms with E-state index in [1.165, 1.54) is 42.6 Å². The number of ether oxygens (including phenoxy) is 4. The number of aromatic carboxylic acids is 1. The van der Waals surface area contributed by atoms with Gasteiger partial charge < -0.3 is 29.2 Å². The summed E-state index contributed by atoms with van der Waals surface area (Å²) in [6, 6.07) is 7.74. The van der Waals surface area contributed by atoms with Gasteiger partial charge in [-0.1, -0.05) is 0 Å². The van der Waals surface area contributed by atoms with Crippen LogP contribution in [0.25, 0.3) is 0 Å². The molecule has 0 saturated carbocycles. The lowest BCUT2D eigenvalue weighted by atomic mass is 10.2. The Morgan fingerprint density at radius 1 is 0.929 bits per heavy atom. The molecule has 0 fully saturated rings. The van der Waals surface area contributed by atoms with Crippen molar-refractivity contribution in [2.24, 2.45) is 4.99 Å². The Balaban J connectivity index is 2.35. The number of carboxylic acids is 1. The lowest BCUT2D eigenvalue weighted by Gasteiger charge is -2.09. The Morgan fingerprint density at radius 2 is 1.57 bits per heavy atom. The average Bonchev–Trinajstić information content (AvgIpc) is 2.68. The summed E-state index contributed by atoms with van der Waals surface area (Å²) in [5.74, 6) is -1.65. The number of rotatable bonds is 5. The highest BCUT2D eigenvalue weighted by molar-refractivity contribution is 5.90. The topological polar surface area (TPSA) is 141 Å². The van der Waals surface area contributed by atoms with Gasteiger partial charge in [-0.2, -0.15) is 0 Å². The van der Waals surface area contributed by atoms with Crippen LogP contribution in [0.5, 0.6) is 17.2 Å². The summed E-state index contributed by atoms with van der Waals surface area (Å²) >= 11 is 0. The predicted molar refractivity (Wildman–Crippen MR) is 94.8 cm³/mol. The Morgan fingerprint density at radius 3 is 2.18 bits per heavy atom. The van der Waals surface area contributed by atoms with Crippen molar-refractivity contribution in [1.82, 2.24) is 0 Å². The van der Waals surface area contributed by atoms with Gasteiger partial charge in [0.25, 0.3) is 0 Å². The molecule has 2 aromatic rings. The van der Waals surface area contributed by atoms with E-state index in [-0.39, 0.29) is 28.5 Å². The highest BCUT2D eigenvalue weighted by atomic mass is 16.7. The summed E-state index contributed by atoms with van der Waals surface area (Å²) in [7, 11) is 2.22. The SMILES string of the molecule is COC(=O)Oc1ccc(/C=N/c2cc(C(=O)O)ccc2O)cc1OC(=O)OC. The van der Waals surface area contributed by atoms with E-state index >= 15 is 0 Å². The zero-order valence-corrected chi connectivity index (χ0v) is 14.7. The van der Waals surface area contributed by atoms with Gasteiger partial charge in [0.2, 0.25) is 0 Å². The van der Waals surface area contributed by atoms with Crippen LogP contribution in [0.15, 0.2) is 41.4 Å². The first-order valence-electron chi connectivity index (χ1n) is 7.60. The molecule has 2 aromatic carbocycles. The summed E-state index contributed by atoms with van der Waals surface area (Å²) in [6.45, 7) is 0. The van der Waals surface area contributed by atoms with Crippen molar-refractivity contribution < 1.29 is 43.5 Å². The van der Waals surface area contributed by atoms with E-state index in [9.17, 15) is 19.5 Å². The van der Waals surface area contributed by atoms with Crippen molar-refractivity contribution in [3.63, 3.8) is 0 Å². The second-order valence-corrected chi connectivity index (χ2v) is 5.09. The molecule has 0 heterocycles. The fourth-order valence-electron chi connectivity index (χ4n) is 1.94. The van der Waals surface area contributed by atoms with Crippen molar-refractivity contribution in [3.8, 4) is 17.2 Å². The fraction of sp³-hybridized carbons (Fsp3) is 0.111. The Hall–Kier alpha value is -4.08. The lowest BCUT2D eigenvalue weighted by Crippen LogP contribution is -2.12. The summed E-state index contributed by atoms with van der Waals surface area (Å²) in [4.78, 5) is 37.7. The average molecular weight is 389 g/mol. The molecule has 0 aliphatic carbocycles. The third kappa shape index (κ3) is 5.21. The number of phenols is 1. The van der Waals surface area contributed by atoms with Crippen LogP contribution in [0.3, 0.4) is 0 Å². The summed E-state index contributed by atoms with van der Waals surface area (Å²) in [5, 5.41) is 18.8. The van der Waals surface area contributed by atoms with Crippen LogP contribution in [-0.4, -0.2) is 48.9 Å². The van der Waals surface area contributed by atoms with Crippen molar-refractivity contribution in [3.05, 3.63) is 47.5 Å². The molecule has 0 aliphatic rings. The van der Waals surface area contributed by atoms with Crippen LogP contribution in [0.1, 0.15) is 15.9 Å². The van der Waals surface area contributed by atoms with Crippen LogP contribution < -0.4 is 9.47 Å². The minimum absolute atomic E-state index is 0.0187. The number of hydrogen-bond acceptors (Lipinski definition) is 9. The lowest BCUT2D eigenvalue weighted by molar-refractivity contribution is 0.0696. The number of hydrogen-bond donors (Lipinski definition) is 2. The molecule has 0 aliphatic heterocycles. The molecular weight excluding hydrogens is 374 g/mol. The van der Waals surface area contributed by atoms with Gasteiger partial charge >= 0.3 is 18.3 Å². The maximum Gasteiger partial charge on any atom is 0.513 e. The van der Waals surface area contributed by atoms with Gasteiger partial charge in [0.1, 0.15) is 11.4 Å². The molecule has 10 nitrogen and oxygen atoms in total. The van der Waals surface area contributed by atoms with Gasteiger partial charge in [0.05, 0.1) is 19.8 Å². The number of nitrogens with zero attached hydrogens (tertiary/aromatic N) is 1. The first-order valence-corrected chi connectivity index (χ1v) is 7.60. The molecule has 0 radical (unpaired) electrons. The first kappa shape index (κ1) is 20.2. The van der Waals surface area contributed by atoms with E-state index < -0.39 is 18.3 Å². The molecule has 146 valence electrons. The molecular formula is C18H15NO9. The van der Waals surface area contributed by atoms with E-state index in [1.807, 2.05) is 0 Å². The second-order valence-electron chi connectivity index (χ2n) is 5.09. The number of aliphatic imine (C=N–C) groups is 1. The van der Waals surface area contributed by atoms with Crippen LogP contribution in [0, 0.1) is 0 Å². The van der Waals surface area contributed by atoms with E-state index in [1.54, 1.807) is 0 Å². The summed E-state index contributed by atoms with van der Waals surface area (Å²) in [5.41, 5.74) is 0.350. The van der Waals surface area contributed by atoms with Gasteiger partial charge in [-0.15, -0.1) is 0 Å². The third-order valence-corrected chi connectivity index (χ3v) is 3.26. The minimum atomic E-state index is -1.17. The number of aromatic hydroxyl groups is 1. The van der Waals surface area contributed by atoms with Crippen molar-refractivity contribution in [1.29, 1.82) is 0 Å². The molecule has 10 heteroatoms. The predicted octanol–water partition coefficient (Wildman–Crippen LogP) is 3.13. The quantitative estimate of drug-likeness (QED) is 0.448. The number of phenolic OH excluding ortho intramolecular Hbond substituents is 1. The van der Waals surface area contributed by atoms with Crippen LogP contribution in [-0.2, 0) is 9.47 Å². The fourth-order valence-corrected chi connectivity index (χ4v) is 1.94. The molecule has 0 amide bonds. The Bertz CT molecular complexity index is 937. The van der Waals surface area contributed by atoms with Gasteiger partial charge in [-0.3, -0.25) is 4.99 Å². The molecule has 0 saturated heterocycles. The summed E-state index contributed by atoms with van der Waals surface area (Å²) in [6.07, 6.45) is -0.783. The van der Waals surface area contributed by atoms with E-state index in [0.717, 1.165) is 14.2 Å². The number of carbonyl (C=O) groups is 3. The normalized spacial score (nSPS) is 10.4. The van der Waals surface area contributed by atoms with Crippen molar-refractivity contribution in [2.45, 2.75) is 0 Å². The van der Waals surface area contributed by atoms with Gasteiger partial charge in [-0.05, 0) is 42.0 Å². The minimum Gasteiger partial charge on any atom is -0.506 e. The van der Waals surface area contributed by atoms with Gasteiger partial charge in [-0.25, -0.2) is 14.4 Å². The van der Waals surface area contributed by atoms with E-state index in [2.05, 4.69) is 14.5 Å². The maximum absolute atomic E-state index is 11.4. The molecule has 0 unspecified atom stereocenters. The Kier molecular flexibility index (Phi) is 6.53. The Labute approximate surface area is 158 Å². The number of benzene rings is 2. The number of carbonyl (C=O) groups excluding carboxylic acids is 2. The summed E-state index contributed by atoms with van der Waals surface area (Å²) < 4.78 is 18.6. The van der Waals surface area contributed by atoms with Gasteiger partial charge in [0, 0.05) is 6.21 Å². The molecule has 0 spiro atoms. The van der Waals surface area contributed by atoms with Crippen LogP contribution >= 0.6 is 0 Å². The van der Waals surface area contributed by atoms with E-state index in [0.29, 0.717) is 5.56 Å².